The Hall–Kier alpha value is -0.860. The molecular weight excluding hydrogens is 166 g/mol. The molecule has 3 nitrogen and oxygen atoms in total. The molecule has 0 N–H and O–H groups in total. The molecule has 0 saturated heterocycles. The Kier molecular flexibility index (Phi) is 7.26. The second-order valence-electron chi connectivity index (χ2n) is 3.05. The Balaban J connectivity index is 3.73. The molecule has 0 heterocycles. The Morgan fingerprint density at radius 2 is 2.00 bits per heavy atom. The molecule has 0 bridgehead atoms. The van der Waals surface area contributed by atoms with Gasteiger partial charge in [-0.2, -0.15) is 0 Å². The van der Waals surface area contributed by atoms with Gasteiger partial charge in [0, 0.05) is 6.92 Å². The molecule has 0 aromatic rings. The Morgan fingerprint density at radius 1 is 1.31 bits per heavy atom. The van der Waals surface area contributed by atoms with Gasteiger partial charge in [0.2, 0.25) is 0 Å². The fourth-order valence-electron chi connectivity index (χ4n) is 0.995. The molecule has 3 heteroatoms. The fraction of sp³-hybridized carbons (Fsp3) is 0.800. The van der Waals surface area contributed by atoms with Crippen LogP contribution in [-0.2, 0) is 9.63 Å². The molecule has 76 valence electrons. The number of oxime groups is 1. The van der Waals surface area contributed by atoms with E-state index in [-0.39, 0.29) is 5.97 Å². The van der Waals surface area contributed by atoms with E-state index in [2.05, 4.69) is 16.9 Å². The summed E-state index contributed by atoms with van der Waals surface area (Å²) in [6, 6.07) is 0. The lowest BCUT2D eigenvalue weighted by Gasteiger charge is -2.01. The van der Waals surface area contributed by atoms with E-state index in [1.54, 1.807) is 0 Å². The number of carbonyl (C=O) groups excluding carboxylic acids is 1. The molecule has 0 rings (SSSR count). The quantitative estimate of drug-likeness (QED) is 0.276. The summed E-state index contributed by atoms with van der Waals surface area (Å²) in [6.07, 6.45) is 5.34. The van der Waals surface area contributed by atoms with E-state index in [1.165, 1.54) is 19.8 Å². The highest BCUT2D eigenvalue weighted by Crippen LogP contribution is 2.03. The number of hydrogen-bond acceptors (Lipinski definition) is 3. The van der Waals surface area contributed by atoms with Crippen molar-refractivity contribution in [3.05, 3.63) is 0 Å². The zero-order valence-electron chi connectivity index (χ0n) is 8.80. The van der Waals surface area contributed by atoms with Gasteiger partial charge in [-0.25, -0.2) is 4.79 Å². The van der Waals surface area contributed by atoms with Crippen LogP contribution in [0.3, 0.4) is 0 Å². The van der Waals surface area contributed by atoms with E-state index in [9.17, 15) is 4.79 Å². The van der Waals surface area contributed by atoms with Crippen LogP contribution in [0.2, 0.25) is 0 Å². The van der Waals surface area contributed by atoms with Gasteiger partial charge < -0.3 is 4.84 Å². The van der Waals surface area contributed by atoms with Crippen LogP contribution >= 0.6 is 0 Å². The zero-order valence-corrected chi connectivity index (χ0v) is 8.80. The number of carbonyl (C=O) groups is 1. The normalized spacial score (nSPS) is 11.5. The first-order chi connectivity index (χ1) is 6.20. The third kappa shape index (κ3) is 7.50. The summed E-state index contributed by atoms with van der Waals surface area (Å²) in [4.78, 5) is 15.0. The molecule has 0 aromatic carbocycles. The van der Waals surface area contributed by atoms with Crippen LogP contribution in [0.4, 0.5) is 0 Å². The third-order valence-electron chi connectivity index (χ3n) is 1.78. The van der Waals surface area contributed by atoms with Gasteiger partial charge in [-0.3, -0.25) is 0 Å². The monoisotopic (exact) mass is 185 g/mol. The van der Waals surface area contributed by atoms with Crippen LogP contribution in [-0.4, -0.2) is 11.7 Å². The number of rotatable bonds is 6. The predicted molar refractivity (Wildman–Crippen MR) is 53.6 cm³/mol. The van der Waals surface area contributed by atoms with Gasteiger partial charge in [0.15, 0.2) is 0 Å². The molecule has 0 atom stereocenters. The lowest BCUT2D eigenvalue weighted by Crippen LogP contribution is -2.00. The predicted octanol–water partition coefficient (Wildman–Crippen LogP) is 2.90. The highest BCUT2D eigenvalue weighted by atomic mass is 16.7. The average molecular weight is 185 g/mol. The molecule has 0 unspecified atom stereocenters. The maximum Gasteiger partial charge on any atom is 0.331 e. The van der Waals surface area contributed by atoms with Crippen molar-refractivity contribution in [3.8, 4) is 0 Å². The topological polar surface area (TPSA) is 38.7 Å². The SMILES string of the molecule is CCCCC/C(CC)=N/OC(C)=O. The molecule has 0 amide bonds. The standard InChI is InChI=1S/C10H19NO2/c1-4-6-7-8-10(5-2)11-13-9(3)12/h4-8H2,1-3H3/b11-10+. The van der Waals surface area contributed by atoms with Gasteiger partial charge in [0.25, 0.3) is 0 Å². The molecule has 0 radical (unpaired) electrons. The maximum absolute atomic E-state index is 10.5. The highest BCUT2D eigenvalue weighted by Gasteiger charge is 1.98. The van der Waals surface area contributed by atoms with Gasteiger partial charge >= 0.3 is 5.97 Å². The maximum atomic E-state index is 10.5. The minimum absolute atomic E-state index is 0.346. The van der Waals surface area contributed by atoms with Crippen molar-refractivity contribution in [2.24, 2.45) is 5.16 Å². The molecule has 0 fully saturated rings. The van der Waals surface area contributed by atoms with Crippen molar-refractivity contribution in [2.45, 2.75) is 52.9 Å². The molecule has 0 saturated carbocycles. The van der Waals surface area contributed by atoms with E-state index in [4.69, 9.17) is 0 Å². The largest absolute Gasteiger partial charge is 0.331 e. The summed E-state index contributed by atoms with van der Waals surface area (Å²) in [6.45, 7) is 5.55. The van der Waals surface area contributed by atoms with Crippen LogP contribution < -0.4 is 0 Å². The minimum Gasteiger partial charge on any atom is -0.319 e. The van der Waals surface area contributed by atoms with Crippen LogP contribution in [0.1, 0.15) is 52.9 Å². The molecule has 0 aliphatic carbocycles. The van der Waals surface area contributed by atoms with Gasteiger partial charge in [0.05, 0.1) is 5.71 Å². The van der Waals surface area contributed by atoms with E-state index in [0.717, 1.165) is 25.0 Å². The second-order valence-corrected chi connectivity index (χ2v) is 3.05. The Labute approximate surface area is 80.1 Å². The summed E-state index contributed by atoms with van der Waals surface area (Å²) >= 11 is 0. The number of hydrogen-bond donors (Lipinski definition) is 0. The molecule has 13 heavy (non-hydrogen) atoms. The number of unbranched alkanes of at least 4 members (excludes halogenated alkanes) is 2. The highest BCUT2D eigenvalue weighted by molar-refractivity contribution is 5.84. The first-order valence-electron chi connectivity index (χ1n) is 4.94. The summed E-state index contributed by atoms with van der Waals surface area (Å²) in [7, 11) is 0. The van der Waals surface area contributed by atoms with Crippen LogP contribution in [0.15, 0.2) is 5.16 Å². The van der Waals surface area contributed by atoms with Crippen LogP contribution in [0.25, 0.3) is 0 Å². The Bertz CT molecular complexity index is 176. The molecule has 0 aromatic heterocycles. The van der Waals surface area contributed by atoms with Gasteiger partial charge in [-0.15, -0.1) is 0 Å². The summed E-state index contributed by atoms with van der Waals surface area (Å²) in [5.41, 5.74) is 0.976. The average Bonchev–Trinajstić information content (AvgIpc) is 2.10. The van der Waals surface area contributed by atoms with Crippen molar-refractivity contribution in [2.75, 3.05) is 0 Å². The van der Waals surface area contributed by atoms with E-state index < -0.39 is 0 Å². The van der Waals surface area contributed by atoms with E-state index >= 15 is 0 Å². The summed E-state index contributed by atoms with van der Waals surface area (Å²) < 4.78 is 0. The fourth-order valence-corrected chi connectivity index (χ4v) is 0.995. The van der Waals surface area contributed by atoms with Crippen molar-refractivity contribution in [1.82, 2.24) is 0 Å². The summed E-state index contributed by atoms with van der Waals surface area (Å²) in [5.74, 6) is -0.346. The van der Waals surface area contributed by atoms with E-state index in [0.29, 0.717) is 0 Å². The third-order valence-corrected chi connectivity index (χ3v) is 1.78. The van der Waals surface area contributed by atoms with E-state index in [1.807, 2.05) is 6.92 Å². The zero-order chi connectivity index (χ0) is 10.1. The van der Waals surface area contributed by atoms with Crippen molar-refractivity contribution in [3.63, 3.8) is 0 Å². The van der Waals surface area contributed by atoms with Crippen molar-refractivity contribution < 1.29 is 9.63 Å². The van der Waals surface area contributed by atoms with Gasteiger partial charge in [-0.05, 0) is 19.3 Å². The van der Waals surface area contributed by atoms with Crippen LogP contribution in [0.5, 0.6) is 0 Å². The summed E-state index contributed by atoms with van der Waals surface area (Å²) in [5, 5.41) is 3.78. The van der Waals surface area contributed by atoms with Crippen molar-refractivity contribution >= 4 is 11.7 Å². The molecule has 0 spiro atoms. The van der Waals surface area contributed by atoms with Gasteiger partial charge in [-0.1, -0.05) is 31.8 Å². The lowest BCUT2D eigenvalue weighted by atomic mass is 10.1. The lowest BCUT2D eigenvalue weighted by molar-refractivity contribution is -0.140. The molecule has 0 aliphatic heterocycles. The first kappa shape index (κ1) is 12.1. The number of nitrogens with zero attached hydrogens (tertiary/aromatic N) is 1. The Morgan fingerprint density at radius 3 is 2.46 bits per heavy atom. The van der Waals surface area contributed by atoms with Gasteiger partial charge in [0.1, 0.15) is 0 Å². The first-order valence-corrected chi connectivity index (χ1v) is 4.94. The van der Waals surface area contributed by atoms with Crippen molar-refractivity contribution in [1.29, 1.82) is 0 Å². The molecule has 0 aliphatic rings. The van der Waals surface area contributed by atoms with Crippen LogP contribution in [0, 0.1) is 0 Å². The smallest absolute Gasteiger partial charge is 0.319 e. The molecular formula is C10H19NO2. The minimum atomic E-state index is -0.346. The second kappa shape index (κ2) is 7.77.